The van der Waals surface area contributed by atoms with Gasteiger partial charge in [-0.15, -0.1) is 12.4 Å². The van der Waals surface area contributed by atoms with Crippen LogP contribution in [0.25, 0.3) is 0 Å². The first-order valence-electron chi connectivity index (χ1n) is 10.8. The molecule has 0 bridgehead atoms. The molecule has 9 heteroatoms. The first-order chi connectivity index (χ1) is 15.4. The average molecular weight is 496 g/mol. The van der Waals surface area contributed by atoms with E-state index in [2.05, 4.69) is 16.0 Å². The van der Waals surface area contributed by atoms with Crippen molar-refractivity contribution < 1.29 is 18.9 Å². The lowest BCUT2D eigenvalue weighted by atomic mass is 10.0. The first-order valence-corrected chi connectivity index (χ1v) is 12.5. The summed E-state index contributed by atoms with van der Waals surface area (Å²) in [5.41, 5.74) is 2.09. The number of phenolic OH excluding ortho intramolecular Hbond substituents is 1. The minimum absolute atomic E-state index is 0. The van der Waals surface area contributed by atoms with Crippen molar-refractivity contribution in [1.29, 1.82) is 0 Å². The van der Waals surface area contributed by atoms with Crippen LogP contribution in [0.15, 0.2) is 54.6 Å². The molecular weight excluding hydrogens is 462 g/mol. The number of nitrogens with one attached hydrogen (secondary N) is 3. The van der Waals surface area contributed by atoms with E-state index in [1.54, 1.807) is 37.6 Å². The van der Waals surface area contributed by atoms with Crippen LogP contribution >= 0.6 is 12.4 Å². The Labute approximate surface area is 204 Å². The van der Waals surface area contributed by atoms with Gasteiger partial charge >= 0.3 is 0 Å². The van der Waals surface area contributed by atoms with Gasteiger partial charge in [0, 0.05) is 29.4 Å². The minimum atomic E-state index is -1.07. The Bertz CT molecular complexity index is 881. The van der Waals surface area contributed by atoms with Gasteiger partial charge < -0.3 is 21.1 Å². The van der Waals surface area contributed by atoms with Gasteiger partial charge in [0.2, 0.25) is 11.8 Å². The lowest BCUT2D eigenvalue weighted by Gasteiger charge is -2.22. The van der Waals surface area contributed by atoms with Crippen molar-refractivity contribution in [2.24, 2.45) is 0 Å². The standard InChI is InChI=1S/C24H33N3O4S.ClH/c1-25-22(17-19-10-12-20(28)13-11-19)24(30)27-21(14-16-32(2)31)23(29)26-15-6-9-18-7-4-3-5-8-18;/h3-5,7-8,10-13,21-22,25,28H,6,9,14-17H2,1-2H3,(H,26,29)(H,27,30);1H/t21-,22+,32?;/m1./s1. The first kappa shape index (κ1) is 28.6. The lowest BCUT2D eigenvalue weighted by Crippen LogP contribution is -2.53. The molecule has 0 aliphatic rings. The molecule has 2 rings (SSSR count). The van der Waals surface area contributed by atoms with E-state index in [-0.39, 0.29) is 30.0 Å². The Morgan fingerprint density at radius 1 is 0.970 bits per heavy atom. The number of benzene rings is 2. The largest absolute Gasteiger partial charge is 0.508 e. The van der Waals surface area contributed by atoms with Crippen LogP contribution in [-0.2, 0) is 33.2 Å². The van der Waals surface area contributed by atoms with E-state index in [1.165, 1.54) is 5.56 Å². The lowest BCUT2D eigenvalue weighted by molar-refractivity contribution is -0.130. The highest BCUT2D eigenvalue weighted by molar-refractivity contribution is 7.84. The summed E-state index contributed by atoms with van der Waals surface area (Å²) in [6, 6.07) is 15.4. The summed E-state index contributed by atoms with van der Waals surface area (Å²) in [7, 11) is 0.618. The number of amides is 2. The van der Waals surface area contributed by atoms with E-state index in [0.29, 0.717) is 25.1 Å². The van der Waals surface area contributed by atoms with Crippen LogP contribution < -0.4 is 16.0 Å². The SMILES string of the molecule is CN[C@@H](Cc1ccc(O)cc1)C(=O)N[C@H](CCS(C)=O)C(=O)NCCCc1ccccc1.Cl. The molecule has 182 valence electrons. The second-order valence-electron chi connectivity index (χ2n) is 7.72. The summed E-state index contributed by atoms with van der Waals surface area (Å²) in [5, 5.41) is 18.1. The molecule has 0 heterocycles. The molecule has 0 aliphatic carbocycles. The van der Waals surface area contributed by atoms with E-state index in [4.69, 9.17) is 0 Å². The van der Waals surface area contributed by atoms with Crippen molar-refractivity contribution in [2.75, 3.05) is 25.6 Å². The van der Waals surface area contributed by atoms with Crippen LogP contribution in [0.1, 0.15) is 24.0 Å². The summed E-state index contributed by atoms with van der Waals surface area (Å²) in [4.78, 5) is 25.6. The minimum Gasteiger partial charge on any atom is -0.508 e. The molecule has 0 spiro atoms. The predicted octanol–water partition coefficient (Wildman–Crippen LogP) is 1.95. The van der Waals surface area contributed by atoms with E-state index < -0.39 is 22.9 Å². The van der Waals surface area contributed by atoms with E-state index in [9.17, 15) is 18.9 Å². The van der Waals surface area contributed by atoms with Gasteiger partial charge in [0.25, 0.3) is 0 Å². The Morgan fingerprint density at radius 2 is 1.64 bits per heavy atom. The second kappa shape index (κ2) is 15.4. The number of aryl methyl sites for hydroxylation is 1. The fourth-order valence-corrected chi connectivity index (χ4v) is 3.86. The molecule has 0 saturated heterocycles. The predicted molar refractivity (Wildman–Crippen MR) is 135 cm³/mol. The smallest absolute Gasteiger partial charge is 0.242 e. The third-order valence-corrected chi connectivity index (χ3v) is 5.96. The topological polar surface area (TPSA) is 108 Å². The van der Waals surface area contributed by atoms with Gasteiger partial charge in [0.05, 0.1) is 6.04 Å². The van der Waals surface area contributed by atoms with Gasteiger partial charge in [0.1, 0.15) is 11.8 Å². The van der Waals surface area contributed by atoms with Crippen LogP contribution in [0, 0.1) is 0 Å². The highest BCUT2D eigenvalue weighted by atomic mass is 35.5. The number of carbonyl (C=O) groups is 2. The number of carbonyl (C=O) groups excluding carboxylic acids is 2. The van der Waals surface area contributed by atoms with Gasteiger partial charge in [0.15, 0.2) is 0 Å². The Morgan fingerprint density at radius 3 is 2.24 bits per heavy atom. The molecule has 7 nitrogen and oxygen atoms in total. The Balaban J connectivity index is 0.00000544. The van der Waals surface area contributed by atoms with Crippen LogP contribution in [0.4, 0.5) is 0 Å². The maximum absolute atomic E-state index is 12.8. The number of halogens is 1. The van der Waals surface area contributed by atoms with Crippen LogP contribution in [0.5, 0.6) is 5.75 Å². The maximum atomic E-state index is 12.8. The monoisotopic (exact) mass is 495 g/mol. The zero-order valence-electron chi connectivity index (χ0n) is 19.1. The van der Waals surface area contributed by atoms with Gasteiger partial charge in [-0.1, -0.05) is 42.5 Å². The Hall–Kier alpha value is -2.42. The summed E-state index contributed by atoms with van der Waals surface area (Å²) < 4.78 is 11.6. The van der Waals surface area contributed by atoms with E-state index in [1.807, 2.05) is 30.3 Å². The third-order valence-electron chi connectivity index (χ3n) is 5.15. The molecule has 33 heavy (non-hydrogen) atoms. The number of aromatic hydroxyl groups is 1. The summed E-state index contributed by atoms with van der Waals surface area (Å²) in [5.74, 6) is -0.0797. The van der Waals surface area contributed by atoms with E-state index in [0.717, 1.165) is 18.4 Å². The molecule has 0 fully saturated rings. The van der Waals surface area contributed by atoms with E-state index >= 15 is 0 Å². The van der Waals surface area contributed by atoms with Crippen molar-refractivity contribution in [3.05, 3.63) is 65.7 Å². The summed E-state index contributed by atoms with van der Waals surface area (Å²) in [6.07, 6.45) is 3.93. The van der Waals surface area contributed by atoms with Gasteiger partial charge in [-0.25, -0.2) is 0 Å². The zero-order valence-corrected chi connectivity index (χ0v) is 20.7. The molecule has 0 aliphatic heterocycles. The average Bonchev–Trinajstić information content (AvgIpc) is 2.79. The third kappa shape index (κ3) is 10.8. The normalized spacial score (nSPS) is 13.3. The van der Waals surface area contributed by atoms with Crippen molar-refractivity contribution in [1.82, 2.24) is 16.0 Å². The van der Waals surface area contributed by atoms with Crippen molar-refractivity contribution in [3.63, 3.8) is 0 Å². The highest BCUT2D eigenvalue weighted by Crippen LogP contribution is 2.11. The second-order valence-corrected chi connectivity index (χ2v) is 9.27. The van der Waals surface area contributed by atoms with Crippen molar-refractivity contribution >= 4 is 35.0 Å². The molecule has 0 aromatic heterocycles. The van der Waals surface area contributed by atoms with Crippen LogP contribution in [0.3, 0.4) is 0 Å². The summed E-state index contributed by atoms with van der Waals surface area (Å²) in [6.45, 7) is 0.498. The van der Waals surface area contributed by atoms with Crippen molar-refractivity contribution in [3.8, 4) is 5.75 Å². The van der Waals surface area contributed by atoms with Gasteiger partial charge in [-0.2, -0.15) is 0 Å². The van der Waals surface area contributed by atoms with Crippen LogP contribution in [-0.4, -0.2) is 58.8 Å². The molecule has 4 N–H and O–H groups in total. The zero-order chi connectivity index (χ0) is 23.3. The van der Waals surface area contributed by atoms with Gasteiger partial charge in [-0.05, 0) is 56.0 Å². The molecule has 0 saturated carbocycles. The fourth-order valence-electron chi connectivity index (χ4n) is 3.29. The number of hydrogen-bond acceptors (Lipinski definition) is 5. The number of phenols is 1. The maximum Gasteiger partial charge on any atom is 0.242 e. The van der Waals surface area contributed by atoms with Gasteiger partial charge in [-0.3, -0.25) is 13.8 Å². The molecule has 0 radical (unpaired) electrons. The highest BCUT2D eigenvalue weighted by Gasteiger charge is 2.25. The fraction of sp³-hybridized carbons (Fsp3) is 0.417. The van der Waals surface area contributed by atoms with Crippen molar-refractivity contribution in [2.45, 2.75) is 37.8 Å². The molecule has 2 aromatic carbocycles. The number of rotatable bonds is 13. The molecular formula is C24H34ClN3O4S. The summed E-state index contributed by atoms with van der Waals surface area (Å²) >= 11 is 0. The Kier molecular flexibility index (Phi) is 13.4. The molecule has 2 amide bonds. The quantitative estimate of drug-likeness (QED) is 0.318. The number of likely N-dealkylation sites (N-methyl/N-ethyl adjacent to an activating group) is 1. The molecule has 3 atom stereocenters. The number of hydrogen-bond donors (Lipinski definition) is 4. The van der Waals surface area contributed by atoms with Crippen LogP contribution in [0.2, 0.25) is 0 Å². The molecule has 2 aromatic rings. The molecule has 1 unspecified atom stereocenters.